The number of ether oxygens (including phenoxy) is 1. The summed E-state index contributed by atoms with van der Waals surface area (Å²) in [6, 6.07) is 11.8. The lowest BCUT2D eigenvalue weighted by Crippen LogP contribution is -2.48. The summed E-state index contributed by atoms with van der Waals surface area (Å²) in [5.41, 5.74) is 4.65. The standard InChI is InChI=1S/C27H28O4/c1-31-25-6-4-21(23-5-2-17(3-7-26(29)30)11-22(23)16-28)12-24(25)27-13-18-8-19(14-27)10-20(9-18)15-27/h2-7,11-12,16,18-20H,8-10,13-15H2,1H3,(H,29,30). The molecular formula is C27H28O4. The molecule has 160 valence electrons. The Morgan fingerprint density at radius 1 is 1.03 bits per heavy atom. The van der Waals surface area contributed by atoms with E-state index in [1.807, 2.05) is 18.2 Å². The van der Waals surface area contributed by atoms with E-state index in [1.54, 1.807) is 13.2 Å². The number of rotatable bonds is 6. The Kier molecular flexibility index (Phi) is 4.96. The van der Waals surface area contributed by atoms with E-state index in [0.29, 0.717) is 11.1 Å². The summed E-state index contributed by atoms with van der Waals surface area (Å²) in [5, 5.41) is 8.86. The molecule has 4 aliphatic rings. The zero-order valence-electron chi connectivity index (χ0n) is 17.8. The fourth-order valence-corrected chi connectivity index (χ4v) is 6.94. The Morgan fingerprint density at radius 2 is 1.71 bits per heavy atom. The van der Waals surface area contributed by atoms with E-state index in [2.05, 4.69) is 12.1 Å². The van der Waals surface area contributed by atoms with E-state index in [-0.39, 0.29) is 5.41 Å². The van der Waals surface area contributed by atoms with Gasteiger partial charge in [0.05, 0.1) is 7.11 Å². The number of methoxy groups -OCH3 is 1. The minimum atomic E-state index is -1.01. The molecule has 2 aromatic rings. The Bertz CT molecular complexity index is 1030. The first-order valence-electron chi connectivity index (χ1n) is 11.2. The van der Waals surface area contributed by atoms with Gasteiger partial charge in [-0.1, -0.05) is 18.2 Å². The summed E-state index contributed by atoms with van der Waals surface area (Å²) in [6.07, 6.45) is 11.4. The monoisotopic (exact) mass is 416 g/mol. The summed E-state index contributed by atoms with van der Waals surface area (Å²) in [4.78, 5) is 22.7. The van der Waals surface area contributed by atoms with Crippen molar-refractivity contribution in [3.8, 4) is 16.9 Å². The van der Waals surface area contributed by atoms with Gasteiger partial charge in [0.1, 0.15) is 5.75 Å². The van der Waals surface area contributed by atoms with Gasteiger partial charge in [-0.05, 0) is 103 Å². The number of carbonyl (C=O) groups is 2. The molecule has 0 saturated heterocycles. The zero-order chi connectivity index (χ0) is 21.6. The number of carboxylic acid groups (broad SMARTS) is 1. The highest BCUT2D eigenvalue weighted by Crippen LogP contribution is 2.62. The largest absolute Gasteiger partial charge is 0.496 e. The third-order valence-corrected chi connectivity index (χ3v) is 7.74. The molecule has 1 N–H and O–H groups in total. The highest BCUT2D eigenvalue weighted by Gasteiger charge is 2.52. The number of carbonyl (C=O) groups excluding carboxylic acids is 1. The maximum absolute atomic E-state index is 11.9. The van der Waals surface area contributed by atoms with Gasteiger partial charge >= 0.3 is 5.97 Å². The minimum Gasteiger partial charge on any atom is -0.496 e. The highest BCUT2D eigenvalue weighted by molar-refractivity contribution is 5.90. The first-order chi connectivity index (χ1) is 15.0. The SMILES string of the molecule is COc1ccc(-c2ccc(C=CC(=O)O)cc2C=O)cc1C12CC3CC(CC(C3)C1)C2. The molecule has 4 saturated carbocycles. The predicted octanol–water partition coefficient (Wildman–Crippen LogP) is 5.74. The van der Waals surface area contributed by atoms with Gasteiger partial charge < -0.3 is 9.84 Å². The molecule has 0 radical (unpaired) electrons. The number of aldehydes is 1. The van der Waals surface area contributed by atoms with Gasteiger partial charge in [-0.15, -0.1) is 0 Å². The lowest BCUT2D eigenvalue weighted by atomic mass is 9.48. The normalized spacial score (nSPS) is 28.7. The first-order valence-corrected chi connectivity index (χ1v) is 11.2. The van der Waals surface area contributed by atoms with E-state index in [9.17, 15) is 9.59 Å². The Morgan fingerprint density at radius 3 is 2.29 bits per heavy atom. The first kappa shape index (κ1) is 20.0. The highest BCUT2D eigenvalue weighted by atomic mass is 16.5. The van der Waals surface area contributed by atoms with Crippen molar-refractivity contribution in [2.75, 3.05) is 7.11 Å². The minimum absolute atomic E-state index is 0.196. The average Bonchev–Trinajstić information content (AvgIpc) is 2.76. The number of hydrogen-bond donors (Lipinski definition) is 1. The topological polar surface area (TPSA) is 63.6 Å². The smallest absolute Gasteiger partial charge is 0.328 e. The van der Waals surface area contributed by atoms with E-state index < -0.39 is 5.97 Å². The van der Waals surface area contributed by atoms with Crippen molar-refractivity contribution in [2.45, 2.75) is 43.9 Å². The number of hydrogen-bond acceptors (Lipinski definition) is 3. The number of aliphatic carboxylic acids is 1. The van der Waals surface area contributed by atoms with Gasteiger partial charge in [-0.2, -0.15) is 0 Å². The molecule has 4 nitrogen and oxygen atoms in total. The van der Waals surface area contributed by atoms with E-state index in [1.165, 1.54) is 50.2 Å². The van der Waals surface area contributed by atoms with Crippen LogP contribution in [0.1, 0.15) is 60.0 Å². The summed E-state index contributed by atoms with van der Waals surface area (Å²) in [7, 11) is 1.75. The van der Waals surface area contributed by atoms with Crippen molar-refractivity contribution < 1.29 is 19.4 Å². The van der Waals surface area contributed by atoms with Crippen molar-refractivity contribution >= 4 is 18.3 Å². The number of benzene rings is 2. The molecule has 0 aromatic heterocycles. The van der Waals surface area contributed by atoms with Gasteiger partial charge in [0, 0.05) is 17.2 Å². The zero-order valence-corrected chi connectivity index (χ0v) is 17.8. The molecule has 6 rings (SSSR count). The van der Waals surface area contributed by atoms with Crippen LogP contribution in [-0.4, -0.2) is 24.5 Å². The molecule has 0 amide bonds. The molecule has 4 heteroatoms. The van der Waals surface area contributed by atoms with Crippen LogP contribution in [-0.2, 0) is 10.2 Å². The summed E-state index contributed by atoms with van der Waals surface area (Å²) < 4.78 is 5.82. The lowest BCUT2D eigenvalue weighted by molar-refractivity contribution is -0.131. The van der Waals surface area contributed by atoms with Crippen LogP contribution in [0, 0.1) is 17.8 Å². The second-order valence-corrected chi connectivity index (χ2v) is 9.75. The van der Waals surface area contributed by atoms with Crippen molar-refractivity contribution in [1.82, 2.24) is 0 Å². The summed E-state index contributed by atoms with van der Waals surface area (Å²) >= 11 is 0. The van der Waals surface area contributed by atoms with Crippen molar-refractivity contribution in [3.05, 3.63) is 59.2 Å². The Balaban J connectivity index is 1.56. The van der Waals surface area contributed by atoms with Crippen LogP contribution in [0.5, 0.6) is 5.75 Å². The quantitative estimate of drug-likeness (QED) is 0.482. The molecule has 2 aromatic carbocycles. The van der Waals surface area contributed by atoms with Crippen LogP contribution < -0.4 is 4.74 Å². The maximum atomic E-state index is 11.9. The van der Waals surface area contributed by atoms with Crippen molar-refractivity contribution in [2.24, 2.45) is 17.8 Å². The third-order valence-electron chi connectivity index (χ3n) is 7.74. The van der Waals surface area contributed by atoms with E-state index in [4.69, 9.17) is 9.84 Å². The van der Waals surface area contributed by atoms with Crippen molar-refractivity contribution in [3.63, 3.8) is 0 Å². The maximum Gasteiger partial charge on any atom is 0.328 e. The predicted molar refractivity (Wildman–Crippen MR) is 120 cm³/mol. The molecule has 0 aliphatic heterocycles. The molecular weight excluding hydrogens is 388 g/mol. The Labute approximate surface area is 182 Å². The van der Waals surface area contributed by atoms with Crippen LogP contribution in [0.15, 0.2) is 42.5 Å². The van der Waals surface area contributed by atoms with Gasteiger partial charge in [-0.25, -0.2) is 4.79 Å². The van der Waals surface area contributed by atoms with Gasteiger partial charge in [0.25, 0.3) is 0 Å². The van der Waals surface area contributed by atoms with Crippen molar-refractivity contribution in [1.29, 1.82) is 0 Å². The van der Waals surface area contributed by atoms with Crippen LogP contribution in [0.2, 0.25) is 0 Å². The van der Waals surface area contributed by atoms with E-state index in [0.717, 1.165) is 47.0 Å². The van der Waals surface area contributed by atoms with Crippen LogP contribution in [0.4, 0.5) is 0 Å². The average molecular weight is 417 g/mol. The second kappa shape index (κ2) is 7.67. The fraction of sp³-hybridized carbons (Fsp3) is 0.407. The fourth-order valence-electron chi connectivity index (χ4n) is 6.94. The van der Waals surface area contributed by atoms with Crippen LogP contribution in [0.3, 0.4) is 0 Å². The molecule has 0 spiro atoms. The number of carboxylic acids is 1. The third kappa shape index (κ3) is 3.58. The van der Waals surface area contributed by atoms with Gasteiger partial charge in [-0.3, -0.25) is 4.79 Å². The second-order valence-electron chi connectivity index (χ2n) is 9.75. The van der Waals surface area contributed by atoms with Gasteiger partial charge in [0.2, 0.25) is 0 Å². The Hall–Kier alpha value is -2.88. The molecule has 31 heavy (non-hydrogen) atoms. The van der Waals surface area contributed by atoms with Crippen LogP contribution >= 0.6 is 0 Å². The molecule has 0 atom stereocenters. The van der Waals surface area contributed by atoms with E-state index >= 15 is 0 Å². The van der Waals surface area contributed by atoms with Gasteiger partial charge in [0.15, 0.2) is 6.29 Å². The summed E-state index contributed by atoms with van der Waals surface area (Å²) in [5.74, 6) is 2.47. The van der Waals surface area contributed by atoms with Crippen LogP contribution in [0.25, 0.3) is 17.2 Å². The molecule has 4 aliphatic carbocycles. The molecule has 4 fully saturated rings. The summed E-state index contributed by atoms with van der Waals surface area (Å²) in [6.45, 7) is 0. The lowest BCUT2D eigenvalue weighted by Gasteiger charge is -2.57. The molecule has 4 bridgehead atoms. The molecule has 0 heterocycles. The molecule has 0 unspecified atom stereocenters.